The normalized spacial score (nSPS) is 13.2. The maximum absolute atomic E-state index is 5.00. The smallest absolute Gasteiger partial charge is 0.0984 e. The summed E-state index contributed by atoms with van der Waals surface area (Å²) in [7, 11) is 0. The standard InChI is InChI=1S/C18H21NS/c1-3-17(15-11-7-5-8-12-15)19-18(20-4-2)16-13-9-6-10-14-16/h5-14,17H,3-4H2,1-2H3. The summed E-state index contributed by atoms with van der Waals surface area (Å²) in [5, 5.41) is 1.14. The molecule has 2 aromatic rings. The van der Waals surface area contributed by atoms with E-state index in [2.05, 4.69) is 68.4 Å². The lowest BCUT2D eigenvalue weighted by Gasteiger charge is -2.13. The molecule has 0 bridgehead atoms. The van der Waals surface area contributed by atoms with Gasteiger partial charge in [-0.1, -0.05) is 74.5 Å². The summed E-state index contributed by atoms with van der Waals surface area (Å²) < 4.78 is 0. The average molecular weight is 283 g/mol. The Balaban J connectivity index is 2.32. The number of aliphatic imine (C=N–C) groups is 1. The van der Waals surface area contributed by atoms with Crippen molar-refractivity contribution in [1.29, 1.82) is 0 Å². The van der Waals surface area contributed by atoms with Gasteiger partial charge >= 0.3 is 0 Å². The summed E-state index contributed by atoms with van der Waals surface area (Å²) in [5.41, 5.74) is 2.51. The Labute approximate surface area is 126 Å². The lowest BCUT2D eigenvalue weighted by molar-refractivity contribution is 0.704. The maximum Gasteiger partial charge on any atom is 0.0984 e. The summed E-state index contributed by atoms with van der Waals surface area (Å²) in [5.74, 6) is 1.04. The minimum absolute atomic E-state index is 0.241. The third-order valence-corrected chi connectivity index (χ3v) is 4.05. The lowest BCUT2D eigenvalue weighted by Crippen LogP contribution is -2.02. The first kappa shape index (κ1) is 14.9. The molecule has 2 heteroatoms. The molecule has 2 aromatic carbocycles. The SMILES string of the molecule is CCSC(=NC(CC)c1ccccc1)c1ccccc1. The summed E-state index contributed by atoms with van der Waals surface area (Å²) in [6.07, 6.45) is 1.02. The van der Waals surface area contributed by atoms with E-state index in [9.17, 15) is 0 Å². The second-order valence-electron chi connectivity index (χ2n) is 4.57. The highest BCUT2D eigenvalue weighted by molar-refractivity contribution is 8.14. The third kappa shape index (κ3) is 3.97. The zero-order valence-electron chi connectivity index (χ0n) is 12.1. The maximum atomic E-state index is 5.00. The van der Waals surface area contributed by atoms with Crippen molar-refractivity contribution in [3.63, 3.8) is 0 Å². The first-order valence-corrected chi connectivity index (χ1v) is 8.14. The van der Waals surface area contributed by atoms with Crippen LogP contribution in [0.1, 0.15) is 37.4 Å². The number of benzene rings is 2. The van der Waals surface area contributed by atoms with E-state index < -0.39 is 0 Å². The van der Waals surface area contributed by atoms with Crippen molar-refractivity contribution in [1.82, 2.24) is 0 Å². The Kier molecular flexibility index (Phi) is 5.87. The van der Waals surface area contributed by atoms with Gasteiger partial charge in [0, 0.05) is 5.56 Å². The Morgan fingerprint density at radius 2 is 1.55 bits per heavy atom. The molecule has 0 saturated heterocycles. The molecule has 0 spiro atoms. The number of nitrogens with zero attached hydrogens (tertiary/aromatic N) is 1. The van der Waals surface area contributed by atoms with Crippen molar-refractivity contribution in [2.24, 2.45) is 4.99 Å². The predicted octanol–water partition coefficient (Wildman–Crippen LogP) is 5.34. The van der Waals surface area contributed by atoms with Gasteiger partial charge in [-0.15, -0.1) is 11.8 Å². The Morgan fingerprint density at radius 3 is 2.10 bits per heavy atom. The van der Waals surface area contributed by atoms with E-state index in [4.69, 9.17) is 4.99 Å². The van der Waals surface area contributed by atoms with Crippen molar-refractivity contribution in [3.8, 4) is 0 Å². The monoisotopic (exact) mass is 283 g/mol. The minimum Gasteiger partial charge on any atom is -0.270 e. The molecule has 0 saturated carbocycles. The summed E-state index contributed by atoms with van der Waals surface area (Å²) in [6.45, 7) is 4.37. The van der Waals surface area contributed by atoms with Gasteiger partial charge in [0.1, 0.15) is 0 Å². The van der Waals surface area contributed by atoms with Crippen molar-refractivity contribution in [3.05, 3.63) is 71.8 Å². The van der Waals surface area contributed by atoms with Gasteiger partial charge in [0.2, 0.25) is 0 Å². The molecule has 1 atom stereocenters. The quantitative estimate of drug-likeness (QED) is 0.533. The van der Waals surface area contributed by atoms with Gasteiger partial charge in [-0.2, -0.15) is 0 Å². The molecule has 0 heterocycles. The molecule has 0 aliphatic rings. The average Bonchev–Trinajstić information content (AvgIpc) is 2.53. The van der Waals surface area contributed by atoms with Gasteiger partial charge in [-0.3, -0.25) is 4.99 Å². The van der Waals surface area contributed by atoms with Crippen LogP contribution in [0.15, 0.2) is 65.7 Å². The van der Waals surface area contributed by atoms with Crippen LogP contribution in [0.2, 0.25) is 0 Å². The minimum atomic E-state index is 0.241. The predicted molar refractivity (Wildman–Crippen MR) is 90.6 cm³/mol. The summed E-state index contributed by atoms with van der Waals surface area (Å²) >= 11 is 1.82. The van der Waals surface area contributed by atoms with Gasteiger partial charge < -0.3 is 0 Å². The van der Waals surface area contributed by atoms with Gasteiger partial charge in [0.25, 0.3) is 0 Å². The van der Waals surface area contributed by atoms with Gasteiger partial charge in [0.15, 0.2) is 0 Å². The van der Waals surface area contributed by atoms with Crippen molar-refractivity contribution in [2.75, 3.05) is 5.75 Å². The molecule has 0 radical (unpaired) electrons. The van der Waals surface area contributed by atoms with Crippen LogP contribution in [0, 0.1) is 0 Å². The van der Waals surface area contributed by atoms with E-state index in [1.165, 1.54) is 11.1 Å². The number of thioether (sulfide) groups is 1. The molecule has 2 rings (SSSR count). The van der Waals surface area contributed by atoms with E-state index in [0.29, 0.717) is 0 Å². The summed E-state index contributed by atoms with van der Waals surface area (Å²) in [4.78, 5) is 5.00. The van der Waals surface area contributed by atoms with Crippen LogP contribution in [0.3, 0.4) is 0 Å². The van der Waals surface area contributed by atoms with E-state index in [1.54, 1.807) is 0 Å². The lowest BCUT2D eigenvalue weighted by atomic mass is 10.1. The molecule has 0 aromatic heterocycles. The van der Waals surface area contributed by atoms with Gasteiger partial charge in [-0.25, -0.2) is 0 Å². The topological polar surface area (TPSA) is 12.4 Å². The van der Waals surface area contributed by atoms with Crippen LogP contribution in [0.5, 0.6) is 0 Å². The van der Waals surface area contributed by atoms with Crippen LogP contribution in [-0.4, -0.2) is 10.8 Å². The Bertz CT molecular complexity index is 534. The van der Waals surface area contributed by atoms with E-state index >= 15 is 0 Å². The Morgan fingerprint density at radius 1 is 0.950 bits per heavy atom. The second-order valence-corrected chi connectivity index (χ2v) is 5.82. The van der Waals surface area contributed by atoms with E-state index in [1.807, 2.05) is 17.8 Å². The second kappa shape index (κ2) is 7.91. The fourth-order valence-electron chi connectivity index (χ4n) is 2.13. The molecule has 0 aliphatic heterocycles. The molecular weight excluding hydrogens is 262 g/mol. The van der Waals surface area contributed by atoms with E-state index in [-0.39, 0.29) is 6.04 Å². The van der Waals surface area contributed by atoms with Crippen LogP contribution in [0.25, 0.3) is 0 Å². The van der Waals surface area contributed by atoms with Crippen LogP contribution < -0.4 is 0 Å². The zero-order chi connectivity index (χ0) is 14.2. The zero-order valence-corrected chi connectivity index (χ0v) is 12.9. The first-order chi connectivity index (χ1) is 9.85. The van der Waals surface area contributed by atoms with E-state index in [0.717, 1.165) is 17.2 Å². The summed E-state index contributed by atoms with van der Waals surface area (Å²) in [6, 6.07) is 21.3. The molecule has 1 nitrogen and oxygen atoms in total. The molecule has 20 heavy (non-hydrogen) atoms. The largest absolute Gasteiger partial charge is 0.270 e. The first-order valence-electron chi connectivity index (χ1n) is 7.16. The molecular formula is C18H21NS. The highest BCUT2D eigenvalue weighted by atomic mass is 32.2. The van der Waals surface area contributed by atoms with Crippen LogP contribution in [-0.2, 0) is 0 Å². The number of rotatable bonds is 5. The van der Waals surface area contributed by atoms with Gasteiger partial charge in [-0.05, 0) is 17.7 Å². The van der Waals surface area contributed by atoms with Gasteiger partial charge in [0.05, 0.1) is 11.1 Å². The third-order valence-electron chi connectivity index (χ3n) is 3.15. The molecule has 0 aliphatic carbocycles. The van der Waals surface area contributed by atoms with Crippen molar-refractivity contribution < 1.29 is 0 Å². The van der Waals surface area contributed by atoms with Crippen LogP contribution in [0.4, 0.5) is 0 Å². The molecule has 1 unspecified atom stereocenters. The molecule has 0 amide bonds. The molecule has 104 valence electrons. The fourth-order valence-corrected chi connectivity index (χ4v) is 2.91. The molecule has 0 fully saturated rings. The van der Waals surface area contributed by atoms with Crippen LogP contribution >= 0.6 is 11.8 Å². The van der Waals surface area contributed by atoms with Crippen molar-refractivity contribution in [2.45, 2.75) is 26.3 Å². The molecule has 0 N–H and O–H groups in total. The number of hydrogen-bond acceptors (Lipinski definition) is 2. The van der Waals surface area contributed by atoms with Crippen molar-refractivity contribution >= 4 is 16.8 Å². The highest BCUT2D eigenvalue weighted by Crippen LogP contribution is 2.24. The number of hydrogen-bond donors (Lipinski definition) is 0. The fraction of sp³-hybridized carbons (Fsp3) is 0.278. The Hall–Kier alpha value is -1.54. The highest BCUT2D eigenvalue weighted by Gasteiger charge is 2.10.